The first-order valence-corrected chi connectivity index (χ1v) is 8.04. The number of hydrogen-bond acceptors (Lipinski definition) is 4. The third kappa shape index (κ3) is 3.39. The monoisotopic (exact) mass is 320 g/mol. The SMILES string of the molecule is CNCc1cc(F)c(F)c(S(=O)(=O)N2CCOC(C)C2)c1. The third-order valence-corrected chi connectivity index (χ3v) is 5.12. The highest BCUT2D eigenvalue weighted by atomic mass is 32.2. The number of ether oxygens (including phenoxy) is 1. The van der Waals surface area contributed by atoms with Crippen molar-refractivity contribution in [3.63, 3.8) is 0 Å². The van der Waals surface area contributed by atoms with Gasteiger partial charge in [-0.15, -0.1) is 0 Å². The zero-order valence-electron chi connectivity index (χ0n) is 11.9. The molecule has 0 amide bonds. The van der Waals surface area contributed by atoms with E-state index in [-0.39, 0.29) is 32.3 Å². The van der Waals surface area contributed by atoms with Gasteiger partial charge < -0.3 is 10.1 Å². The normalized spacial score (nSPS) is 20.7. The number of nitrogens with zero attached hydrogens (tertiary/aromatic N) is 1. The van der Waals surface area contributed by atoms with Crippen LogP contribution in [0.5, 0.6) is 0 Å². The molecule has 1 aromatic carbocycles. The largest absolute Gasteiger partial charge is 0.376 e. The molecule has 1 aromatic rings. The fourth-order valence-electron chi connectivity index (χ4n) is 2.25. The maximum absolute atomic E-state index is 13.9. The Bertz CT molecular complexity index is 622. The van der Waals surface area contributed by atoms with Crippen molar-refractivity contribution in [2.45, 2.75) is 24.5 Å². The summed E-state index contributed by atoms with van der Waals surface area (Å²) in [6, 6.07) is 2.16. The van der Waals surface area contributed by atoms with Crippen molar-refractivity contribution in [3.8, 4) is 0 Å². The molecule has 8 heteroatoms. The van der Waals surface area contributed by atoms with Crippen LogP contribution in [0.25, 0.3) is 0 Å². The van der Waals surface area contributed by atoms with Crippen LogP contribution in [0.2, 0.25) is 0 Å². The van der Waals surface area contributed by atoms with Crippen LogP contribution in [0.4, 0.5) is 8.78 Å². The van der Waals surface area contributed by atoms with Crippen molar-refractivity contribution < 1.29 is 21.9 Å². The lowest BCUT2D eigenvalue weighted by Crippen LogP contribution is -2.44. The van der Waals surface area contributed by atoms with E-state index in [1.165, 1.54) is 6.07 Å². The van der Waals surface area contributed by atoms with Crippen LogP contribution in [0.1, 0.15) is 12.5 Å². The zero-order chi connectivity index (χ0) is 15.6. The molecule has 0 spiro atoms. The van der Waals surface area contributed by atoms with Gasteiger partial charge in [-0.3, -0.25) is 0 Å². The van der Waals surface area contributed by atoms with Gasteiger partial charge in [0.25, 0.3) is 0 Å². The van der Waals surface area contributed by atoms with Gasteiger partial charge in [0.2, 0.25) is 10.0 Å². The van der Waals surface area contributed by atoms with Crippen molar-refractivity contribution in [3.05, 3.63) is 29.3 Å². The summed E-state index contributed by atoms with van der Waals surface area (Å²) in [5.41, 5.74) is 0.372. The molecule has 2 rings (SSSR count). The van der Waals surface area contributed by atoms with E-state index in [1.807, 2.05) is 0 Å². The van der Waals surface area contributed by atoms with E-state index < -0.39 is 26.6 Å². The lowest BCUT2D eigenvalue weighted by atomic mass is 10.2. The van der Waals surface area contributed by atoms with Crippen molar-refractivity contribution in [2.24, 2.45) is 0 Å². The minimum Gasteiger partial charge on any atom is -0.376 e. The highest BCUT2D eigenvalue weighted by Crippen LogP contribution is 2.24. The Hall–Kier alpha value is -1.09. The summed E-state index contributed by atoms with van der Waals surface area (Å²) < 4.78 is 59.0. The minimum absolute atomic E-state index is 0.125. The summed E-state index contributed by atoms with van der Waals surface area (Å²) in [4.78, 5) is -0.623. The molecule has 118 valence electrons. The lowest BCUT2D eigenvalue weighted by Gasteiger charge is -2.30. The first-order chi connectivity index (χ1) is 9.86. The number of halogens is 2. The van der Waals surface area contributed by atoms with Gasteiger partial charge in [-0.25, -0.2) is 17.2 Å². The average Bonchev–Trinajstić information content (AvgIpc) is 2.42. The number of nitrogens with one attached hydrogen (secondary N) is 1. The number of morpholine rings is 1. The molecule has 1 unspecified atom stereocenters. The second-order valence-electron chi connectivity index (χ2n) is 4.96. The summed E-state index contributed by atoms with van der Waals surface area (Å²) in [7, 11) is -2.44. The molecule has 0 saturated carbocycles. The van der Waals surface area contributed by atoms with Gasteiger partial charge in [0.1, 0.15) is 4.90 Å². The van der Waals surface area contributed by atoms with Crippen LogP contribution in [0.3, 0.4) is 0 Å². The average molecular weight is 320 g/mol. The Balaban J connectivity index is 2.43. The smallest absolute Gasteiger partial charge is 0.246 e. The molecule has 21 heavy (non-hydrogen) atoms. The molecular formula is C13H18F2N2O3S. The summed E-state index contributed by atoms with van der Waals surface area (Å²) >= 11 is 0. The van der Waals surface area contributed by atoms with Gasteiger partial charge in [-0.1, -0.05) is 0 Å². The molecule has 0 bridgehead atoms. The molecule has 1 atom stereocenters. The maximum atomic E-state index is 13.9. The van der Waals surface area contributed by atoms with Crippen LogP contribution in [0.15, 0.2) is 17.0 Å². The molecule has 5 nitrogen and oxygen atoms in total. The van der Waals surface area contributed by atoms with Crippen LogP contribution < -0.4 is 5.32 Å². The van der Waals surface area contributed by atoms with Gasteiger partial charge in [-0.2, -0.15) is 4.31 Å². The topological polar surface area (TPSA) is 58.6 Å². The molecule has 1 N–H and O–H groups in total. The predicted molar refractivity (Wildman–Crippen MR) is 73.3 cm³/mol. The maximum Gasteiger partial charge on any atom is 0.246 e. The summed E-state index contributed by atoms with van der Waals surface area (Å²) in [6.07, 6.45) is -0.276. The van der Waals surface area contributed by atoms with Crippen molar-refractivity contribution >= 4 is 10.0 Å². The van der Waals surface area contributed by atoms with Crippen LogP contribution >= 0.6 is 0 Å². The molecular weight excluding hydrogens is 302 g/mol. The molecule has 0 aliphatic carbocycles. The van der Waals surface area contributed by atoms with Crippen molar-refractivity contribution in [1.29, 1.82) is 0 Å². The van der Waals surface area contributed by atoms with E-state index >= 15 is 0 Å². The van der Waals surface area contributed by atoms with Crippen LogP contribution in [0, 0.1) is 11.6 Å². The number of benzene rings is 1. The quantitative estimate of drug-likeness (QED) is 0.902. The van der Waals surface area contributed by atoms with E-state index in [0.717, 1.165) is 10.4 Å². The standard InChI is InChI=1S/C13H18F2N2O3S/c1-9-8-17(3-4-20-9)21(18,19)12-6-10(7-16-2)5-11(14)13(12)15/h5-6,9,16H,3-4,7-8H2,1-2H3. The Labute approximate surface area is 122 Å². The first kappa shape index (κ1) is 16.3. The van der Waals surface area contributed by atoms with Crippen molar-refractivity contribution in [2.75, 3.05) is 26.7 Å². The van der Waals surface area contributed by atoms with Crippen molar-refractivity contribution in [1.82, 2.24) is 9.62 Å². The molecule has 0 radical (unpaired) electrons. The van der Waals surface area contributed by atoms with E-state index in [0.29, 0.717) is 5.56 Å². The van der Waals surface area contributed by atoms with Gasteiger partial charge in [0.15, 0.2) is 11.6 Å². The molecule has 1 saturated heterocycles. The second kappa shape index (κ2) is 6.35. The zero-order valence-corrected chi connectivity index (χ0v) is 12.7. The molecule has 1 aliphatic rings. The molecule has 1 fully saturated rings. The number of hydrogen-bond donors (Lipinski definition) is 1. The molecule has 0 aromatic heterocycles. The number of sulfonamides is 1. The molecule has 1 heterocycles. The van der Waals surface area contributed by atoms with E-state index in [2.05, 4.69) is 5.32 Å². The van der Waals surface area contributed by atoms with Gasteiger partial charge in [0, 0.05) is 19.6 Å². The van der Waals surface area contributed by atoms with E-state index in [1.54, 1.807) is 14.0 Å². The Morgan fingerprint density at radius 1 is 1.43 bits per heavy atom. The lowest BCUT2D eigenvalue weighted by molar-refractivity contribution is 0.0101. The van der Waals surface area contributed by atoms with Gasteiger partial charge in [0.05, 0.1) is 12.7 Å². The highest BCUT2D eigenvalue weighted by molar-refractivity contribution is 7.89. The third-order valence-electron chi connectivity index (χ3n) is 3.26. The van der Waals surface area contributed by atoms with Crippen LogP contribution in [-0.2, 0) is 21.3 Å². The second-order valence-corrected chi connectivity index (χ2v) is 6.87. The Morgan fingerprint density at radius 2 is 2.14 bits per heavy atom. The van der Waals surface area contributed by atoms with Gasteiger partial charge >= 0.3 is 0 Å². The Morgan fingerprint density at radius 3 is 2.76 bits per heavy atom. The summed E-state index contributed by atoms with van der Waals surface area (Å²) in [5, 5.41) is 2.78. The van der Waals surface area contributed by atoms with E-state index in [9.17, 15) is 17.2 Å². The van der Waals surface area contributed by atoms with E-state index in [4.69, 9.17) is 4.74 Å². The Kier molecular flexibility index (Phi) is 4.92. The molecule has 1 aliphatic heterocycles. The highest BCUT2D eigenvalue weighted by Gasteiger charge is 2.32. The minimum atomic E-state index is -4.08. The fourth-order valence-corrected chi connectivity index (χ4v) is 3.88. The van der Waals surface area contributed by atoms with Crippen LogP contribution in [-0.4, -0.2) is 45.6 Å². The summed E-state index contributed by atoms with van der Waals surface area (Å²) in [6.45, 7) is 2.47. The predicted octanol–water partition coefficient (Wildman–Crippen LogP) is 1.09. The fraction of sp³-hybridized carbons (Fsp3) is 0.538. The van der Waals surface area contributed by atoms with Gasteiger partial charge in [-0.05, 0) is 31.7 Å². The first-order valence-electron chi connectivity index (χ1n) is 6.60. The number of rotatable bonds is 4. The summed E-state index contributed by atoms with van der Waals surface area (Å²) in [5.74, 6) is -2.50.